The summed E-state index contributed by atoms with van der Waals surface area (Å²) in [6.07, 6.45) is 0.286. The molecular weight excluding hydrogens is 425 g/mol. The van der Waals surface area contributed by atoms with E-state index in [1.165, 1.54) is 0 Å². The van der Waals surface area contributed by atoms with Crippen molar-refractivity contribution in [2.45, 2.75) is 32.4 Å². The van der Waals surface area contributed by atoms with Crippen LogP contribution in [0, 0.1) is 6.92 Å². The topological polar surface area (TPSA) is 59.2 Å². The summed E-state index contributed by atoms with van der Waals surface area (Å²) in [4.78, 5) is 20.4. The van der Waals surface area contributed by atoms with Crippen molar-refractivity contribution in [1.29, 1.82) is 0 Å². The first-order chi connectivity index (χ1) is 13.0. The number of carbonyl (C=O) groups excluding carboxylic acids is 1. The summed E-state index contributed by atoms with van der Waals surface area (Å²) in [5.41, 5.74) is 9.28. The molecule has 0 aliphatic carbocycles. The van der Waals surface area contributed by atoms with Crippen LogP contribution in [0.1, 0.15) is 41.6 Å². The van der Waals surface area contributed by atoms with Crippen LogP contribution in [-0.4, -0.2) is 22.8 Å². The van der Waals surface area contributed by atoms with Crippen molar-refractivity contribution in [2.75, 3.05) is 7.05 Å². The molecule has 0 bridgehead atoms. The van der Waals surface area contributed by atoms with Crippen LogP contribution in [0.2, 0.25) is 0 Å². The molecule has 3 rings (SSSR count). The van der Waals surface area contributed by atoms with E-state index in [-0.39, 0.29) is 49.2 Å². The molecule has 1 heterocycles. The van der Waals surface area contributed by atoms with Gasteiger partial charge in [0, 0.05) is 25.1 Å². The van der Waals surface area contributed by atoms with Crippen molar-refractivity contribution in [1.82, 2.24) is 9.88 Å². The van der Waals surface area contributed by atoms with Gasteiger partial charge in [-0.05, 0) is 19.4 Å². The number of rotatable bonds is 6. The van der Waals surface area contributed by atoms with Crippen molar-refractivity contribution in [3.05, 3.63) is 76.8 Å². The van der Waals surface area contributed by atoms with Crippen LogP contribution in [0.25, 0.3) is 10.6 Å². The molecule has 4 nitrogen and oxygen atoms in total. The summed E-state index contributed by atoms with van der Waals surface area (Å²) < 4.78 is 0. The maximum Gasteiger partial charge on any atom is 0.224 e. The number of nitrogens with two attached hydrogens (primary N) is 1. The fourth-order valence-electron chi connectivity index (χ4n) is 3.04. The van der Waals surface area contributed by atoms with Gasteiger partial charge in [-0.25, -0.2) is 4.98 Å². The fourth-order valence-corrected chi connectivity index (χ4v) is 4.21. The lowest BCUT2D eigenvalue weighted by atomic mass is 10.0. The van der Waals surface area contributed by atoms with Crippen LogP contribution in [0.4, 0.5) is 0 Å². The highest BCUT2D eigenvalue weighted by Crippen LogP contribution is 2.34. The second-order valence-corrected chi connectivity index (χ2v) is 7.77. The van der Waals surface area contributed by atoms with Gasteiger partial charge in [0.05, 0.1) is 16.6 Å². The van der Waals surface area contributed by atoms with Gasteiger partial charge in [-0.1, -0.05) is 60.7 Å². The van der Waals surface area contributed by atoms with E-state index in [9.17, 15) is 4.79 Å². The van der Waals surface area contributed by atoms with Crippen LogP contribution < -0.4 is 5.73 Å². The van der Waals surface area contributed by atoms with E-state index in [4.69, 9.17) is 10.7 Å². The van der Waals surface area contributed by atoms with Crippen LogP contribution in [0.15, 0.2) is 60.7 Å². The summed E-state index contributed by atoms with van der Waals surface area (Å²) in [5, 5.41) is 0.983. The second-order valence-electron chi connectivity index (χ2n) is 6.74. The Labute approximate surface area is 189 Å². The molecule has 0 spiro atoms. The molecule has 2 atom stereocenters. The fraction of sp³-hybridized carbons (Fsp3) is 0.273. The van der Waals surface area contributed by atoms with Crippen molar-refractivity contribution in [3.63, 3.8) is 0 Å². The van der Waals surface area contributed by atoms with Gasteiger partial charge in [-0.15, -0.1) is 36.2 Å². The molecule has 156 valence electrons. The smallest absolute Gasteiger partial charge is 0.224 e. The summed E-state index contributed by atoms with van der Waals surface area (Å²) in [6, 6.07) is 19.5. The first-order valence-electron chi connectivity index (χ1n) is 9.06. The van der Waals surface area contributed by atoms with Crippen molar-refractivity contribution < 1.29 is 4.79 Å². The lowest BCUT2D eigenvalue weighted by Gasteiger charge is -2.26. The average Bonchev–Trinajstić information content (AvgIpc) is 3.09. The number of hydrogen-bond acceptors (Lipinski definition) is 4. The van der Waals surface area contributed by atoms with E-state index in [1.807, 2.05) is 69.4 Å². The van der Waals surface area contributed by atoms with Gasteiger partial charge in [0.2, 0.25) is 5.91 Å². The van der Waals surface area contributed by atoms with Gasteiger partial charge in [0.25, 0.3) is 0 Å². The maximum absolute atomic E-state index is 12.8. The SMILES string of the molecule is Cc1nc(-c2ccccc2)sc1C(C)N(C)C(=O)CC(N)c1ccccc1.Cl.Cl. The first kappa shape index (κ1) is 25.1. The van der Waals surface area contributed by atoms with E-state index in [0.29, 0.717) is 0 Å². The number of hydrogen-bond donors (Lipinski definition) is 1. The largest absolute Gasteiger partial charge is 0.338 e. The molecule has 1 aromatic heterocycles. The van der Waals surface area contributed by atoms with Crippen molar-refractivity contribution in [2.24, 2.45) is 5.73 Å². The molecule has 0 aliphatic rings. The number of carbonyl (C=O) groups is 1. The highest BCUT2D eigenvalue weighted by atomic mass is 35.5. The van der Waals surface area contributed by atoms with Crippen LogP contribution in [-0.2, 0) is 4.79 Å². The van der Waals surface area contributed by atoms with Crippen molar-refractivity contribution in [3.8, 4) is 10.6 Å². The normalized spacial score (nSPS) is 12.3. The van der Waals surface area contributed by atoms with Gasteiger partial charge in [-0.2, -0.15) is 0 Å². The molecule has 29 heavy (non-hydrogen) atoms. The van der Waals surface area contributed by atoms with Gasteiger partial charge in [-0.3, -0.25) is 4.79 Å². The molecule has 2 N–H and O–H groups in total. The summed E-state index contributed by atoms with van der Waals surface area (Å²) >= 11 is 1.65. The minimum absolute atomic E-state index is 0. The lowest BCUT2D eigenvalue weighted by Crippen LogP contribution is -2.32. The number of nitrogens with zero attached hydrogens (tertiary/aromatic N) is 2. The summed E-state index contributed by atoms with van der Waals surface area (Å²) in [6.45, 7) is 4.05. The minimum Gasteiger partial charge on any atom is -0.338 e. The Bertz CT molecular complexity index is 903. The lowest BCUT2D eigenvalue weighted by molar-refractivity contribution is -0.132. The third kappa shape index (κ3) is 6.03. The first-order valence-corrected chi connectivity index (χ1v) is 9.88. The average molecular weight is 452 g/mol. The molecule has 3 aromatic rings. The number of aromatic nitrogens is 1. The molecule has 0 radical (unpaired) electrons. The van der Waals surface area contributed by atoms with Crippen molar-refractivity contribution >= 4 is 42.1 Å². The summed E-state index contributed by atoms with van der Waals surface area (Å²) in [7, 11) is 1.84. The molecule has 0 saturated carbocycles. The maximum atomic E-state index is 12.8. The number of halogens is 2. The van der Waals surface area contributed by atoms with E-state index in [2.05, 4.69) is 12.1 Å². The Hall–Kier alpha value is -1.92. The Morgan fingerprint density at radius 1 is 1.07 bits per heavy atom. The number of thiazole rings is 1. The van der Waals surface area contributed by atoms with Gasteiger partial charge in [0.1, 0.15) is 5.01 Å². The predicted molar refractivity (Wildman–Crippen MR) is 126 cm³/mol. The molecule has 0 fully saturated rings. The van der Waals surface area contributed by atoms with Gasteiger partial charge < -0.3 is 10.6 Å². The Kier molecular flexibility index (Phi) is 9.80. The predicted octanol–water partition coefficient (Wildman–Crippen LogP) is 5.57. The minimum atomic E-state index is -0.296. The van der Waals surface area contributed by atoms with Crippen LogP contribution in [0.3, 0.4) is 0 Å². The third-order valence-electron chi connectivity index (χ3n) is 4.83. The molecular formula is C22H27Cl2N3OS. The highest BCUT2D eigenvalue weighted by molar-refractivity contribution is 7.15. The van der Waals surface area contributed by atoms with Gasteiger partial charge in [0.15, 0.2) is 0 Å². The molecule has 0 saturated heterocycles. The zero-order valence-electron chi connectivity index (χ0n) is 16.7. The Morgan fingerprint density at radius 2 is 1.62 bits per heavy atom. The van der Waals surface area contributed by atoms with Crippen LogP contribution in [0.5, 0.6) is 0 Å². The Morgan fingerprint density at radius 3 is 2.21 bits per heavy atom. The number of benzene rings is 2. The zero-order chi connectivity index (χ0) is 19.4. The van der Waals surface area contributed by atoms with Crippen LogP contribution >= 0.6 is 36.2 Å². The third-order valence-corrected chi connectivity index (χ3v) is 6.21. The number of amides is 1. The standard InChI is InChI=1S/C22H25N3OS.2ClH/c1-15-21(27-22(24-15)18-12-8-5-9-13-18)16(2)25(3)20(26)14-19(23)17-10-6-4-7-11-17;;/h4-13,16,19H,14,23H2,1-3H3;2*1H. The monoisotopic (exact) mass is 451 g/mol. The highest BCUT2D eigenvalue weighted by Gasteiger charge is 2.24. The Balaban J connectivity index is 0.00000210. The van der Waals surface area contributed by atoms with E-state index in [0.717, 1.165) is 26.7 Å². The number of aryl methyl sites for hydroxylation is 1. The van der Waals surface area contributed by atoms with E-state index in [1.54, 1.807) is 16.2 Å². The molecule has 7 heteroatoms. The van der Waals surface area contributed by atoms with E-state index >= 15 is 0 Å². The van der Waals surface area contributed by atoms with E-state index < -0.39 is 0 Å². The second kappa shape index (κ2) is 11.3. The molecule has 2 aromatic carbocycles. The molecule has 2 unspecified atom stereocenters. The molecule has 0 aliphatic heterocycles. The summed E-state index contributed by atoms with van der Waals surface area (Å²) in [5.74, 6) is 0.0351. The molecule has 1 amide bonds. The quantitative estimate of drug-likeness (QED) is 0.532. The zero-order valence-corrected chi connectivity index (χ0v) is 19.2. The van der Waals surface area contributed by atoms with Gasteiger partial charge >= 0.3 is 0 Å².